The lowest BCUT2D eigenvalue weighted by atomic mass is 10.2. The Bertz CT molecular complexity index is 527. The van der Waals surface area contributed by atoms with Gasteiger partial charge in [-0.15, -0.1) is 0 Å². The Morgan fingerprint density at radius 3 is 3.00 bits per heavy atom. The molecule has 3 heteroatoms. The van der Waals surface area contributed by atoms with Crippen LogP contribution < -0.4 is 10.6 Å². The van der Waals surface area contributed by atoms with E-state index in [2.05, 4.69) is 40.7 Å². The molecule has 0 bridgehead atoms. The molecule has 0 spiro atoms. The first-order valence-corrected chi connectivity index (χ1v) is 5.85. The summed E-state index contributed by atoms with van der Waals surface area (Å²) in [5.74, 6) is 0. The fourth-order valence-electron chi connectivity index (χ4n) is 2.71. The molecule has 0 radical (unpaired) electrons. The van der Waals surface area contributed by atoms with Crippen LogP contribution in [-0.4, -0.2) is 24.2 Å². The van der Waals surface area contributed by atoms with Crippen LogP contribution >= 0.6 is 0 Å². The molecule has 2 N–H and O–H groups in total. The van der Waals surface area contributed by atoms with E-state index in [1.807, 2.05) is 0 Å². The molecule has 0 atom stereocenters. The predicted molar refractivity (Wildman–Crippen MR) is 67.9 cm³/mol. The van der Waals surface area contributed by atoms with Crippen LogP contribution in [-0.2, 0) is 6.54 Å². The van der Waals surface area contributed by atoms with Gasteiger partial charge in [-0.3, -0.25) is 0 Å². The zero-order chi connectivity index (χ0) is 11.1. The highest BCUT2D eigenvalue weighted by Crippen LogP contribution is 2.32. The van der Waals surface area contributed by atoms with Gasteiger partial charge in [-0.1, -0.05) is 12.1 Å². The molecule has 0 amide bonds. The van der Waals surface area contributed by atoms with Crippen LogP contribution in [0, 0.1) is 6.92 Å². The Morgan fingerprint density at radius 2 is 2.19 bits per heavy atom. The highest BCUT2D eigenvalue weighted by Gasteiger charge is 2.19. The molecular weight excluding hydrogens is 198 g/mol. The minimum absolute atomic E-state index is 0.718. The highest BCUT2D eigenvalue weighted by atomic mass is 15.2. The number of hydrogen-bond acceptors (Lipinski definition) is 2. The van der Waals surface area contributed by atoms with Crippen molar-refractivity contribution < 1.29 is 0 Å². The van der Waals surface area contributed by atoms with Gasteiger partial charge in [0.2, 0.25) is 0 Å². The standard InChI is InChI=1S/C13H17N3/c1-10-9-11-3-2-4-12-13(11)16(10)8-7-15(12)6-5-14/h2-4,9H,5-8,14H2,1H3. The topological polar surface area (TPSA) is 34.2 Å². The van der Waals surface area contributed by atoms with Crippen molar-refractivity contribution in [2.24, 2.45) is 5.73 Å². The van der Waals surface area contributed by atoms with Gasteiger partial charge >= 0.3 is 0 Å². The number of nitrogens with zero attached hydrogens (tertiary/aromatic N) is 2. The van der Waals surface area contributed by atoms with E-state index in [0.717, 1.165) is 26.2 Å². The zero-order valence-electron chi connectivity index (χ0n) is 9.61. The summed E-state index contributed by atoms with van der Waals surface area (Å²) in [4.78, 5) is 2.39. The lowest BCUT2D eigenvalue weighted by molar-refractivity contribution is 0.640. The van der Waals surface area contributed by atoms with Crippen molar-refractivity contribution in [3.63, 3.8) is 0 Å². The molecule has 3 rings (SSSR count). The van der Waals surface area contributed by atoms with Crippen molar-refractivity contribution in [2.45, 2.75) is 13.5 Å². The van der Waals surface area contributed by atoms with Gasteiger partial charge in [-0.05, 0) is 19.1 Å². The van der Waals surface area contributed by atoms with Crippen molar-refractivity contribution in [3.8, 4) is 0 Å². The zero-order valence-corrected chi connectivity index (χ0v) is 9.61. The van der Waals surface area contributed by atoms with E-state index in [1.165, 1.54) is 22.3 Å². The summed E-state index contributed by atoms with van der Waals surface area (Å²) in [6.07, 6.45) is 0. The molecule has 0 saturated heterocycles. The first kappa shape index (κ1) is 9.73. The fourth-order valence-corrected chi connectivity index (χ4v) is 2.71. The SMILES string of the molecule is Cc1cc2cccc3c2n1CCN3CCN. The number of rotatable bonds is 2. The summed E-state index contributed by atoms with van der Waals surface area (Å²) in [6.45, 7) is 5.99. The van der Waals surface area contributed by atoms with Crippen LogP contribution in [0.25, 0.3) is 10.9 Å². The average Bonchev–Trinajstić information content (AvgIpc) is 2.61. The van der Waals surface area contributed by atoms with Gasteiger partial charge in [-0.2, -0.15) is 0 Å². The molecule has 1 aliphatic heterocycles. The van der Waals surface area contributed by atoms with E-state index in [1.54, 1.807) is 0 Å². The average molecular weight is 215 g/mol. The molecule has 84 valence electrons. The van der Waals surface area contributed by atoms with E-state index in [-0.39, 0.29) is 0 Å². The maximum absolute atomic E-state index is 5.66. The van der Waals surface area contributed by atoms with Crippen molar-refractivity contribution in [2.75, 3.05) is 24.5 Å². The van der Waals surface area contributed by atoms with E-state index in [0.29, 0.717) is 0 Å². The van der Waals surface area contributed by atoms with E-state index in [9.17, 15) is 0 Å². The van der Waals surface area contributed by atoms with Gasteiger partial charge in [0.05, 0.1) is 11.2 Å². The third-order valence-electron chi connectivity index (χ3n) is 3.44. The van der Waals surface area contributed by atoms with Crippen molar-refractivity contribution >= 4 is 16.6 Å². The third kappa shape index (κ3) is 1.25. The fraction of sp³-hybridized carbons (Fsp3) is 0.385. The molecule has 0 fully saturated rings. The Labute approximate surface area is 95.5 Å². The van der Waals surface area contributed by atoms with Gasteiger partial charge in [0.25, 0.3) is 0 Å². The molecule has 0 aliphatic carbocycles. The van der Waals surface area contributed by atoms with Gasteiger partial charge in [0, 0.05) is 37.3 Å². The second-order valence-electron chi connectivity index (χ2n) is 4.43. The van der Waals surface area contributed by atoms with Gasteiger partial charge in [0.1, 0.15) is 0 Å². The number of aromatic nitrogens is 1. The van der Waals surface area contributed by atoms with Crippen LogP contribution in [0.5, 0.6) is 0 Å². The smallest absolute Gasteiger partial charge is 0.0720 e. The van der Waals surface area contributed by atoms with Crippen molar-refractivity contribution in [3.05, 3.63) is 30.0 Å². The maximum Gasteiger partial charge on any atom is 0.0720 e. The van der Waals surface area contributed by atoms with E-state index < -0.39 is 0 Å². The summed E-state index contributed by atoms with van der Waals surface area (Å²) < 4.78 is 2.41. The lowest BCUT2D eigenvalue weighted by Crippen LogP contribution is -2.35. The molecule has 2 heterocycles. The number of aryl methyl sites for hydroxylation is 1. The van der Waals surface area contributed by atoms with Crippen molar-refractivity contribution in [1.82, 2.24) is 4.57 Å². The van der Waals surface area contributed by atoms with Crippen LogP contribution in [0.4, 0.5) is 5.69 Å². The summed E-state index contributed by atoms with van der Waals surface area (Å²) in [5.41, 5.74) is 9.73. The molecule has 16 heavy (non-hydrogen) atoms. The largest absolute Gasteiger partial charge is 0.367 e. The number of anilines is 1. The third-order valence-corrected chi connectivity index (χ3v) is 3.44. The van der Waals surface area contributed by atoms with E-state index in [4.69, 9.17) is 5.73 Å². The summed E-state index contributed by atoms with van der Waals surface area (Å²) in [6, 6.07) is 8.79. The predicted octanol–water partition coefficient (Wildman–Crippen LogP) is 1.73. The summed E-state index contributed by atoms with van der Waals surface area (Å²) in [7, 11) is 0. The quantitative estimate of drug-likeness (QED) is 0.827. The normalized spacial score (nSPS) is 14.8. The highest BCUT2D eigenvalue weighted by molar-refractivity contribution is 5.93. The second kappa shape index (κ2) is 3.52. The first-order valence-electron chi connectivity index (χ1n) is 5.85. The molecule has 2 aromatic rings. The number of benzene rings is 1. The van der Waals surface area contributed by atoms with Crippen molar-refractivity contribution in [1.29, 1.82) is 0 Å². The van der Waals surface area contributed by atoms with Crippen LogP contribution in [0.1, 0.15) is 5.69 Å². The molecule has 1 aliphatic rings. The molecule has 0 saturated carbocycles. The summed E-state index contributed by atoms with van der Waals surface area (Å²) >= 11 is 0. The van der Waals surface area contributed by atoms with Crippen LogP contribution in [0.15, 0.2) is 24.3 Å². The Morgan fingerprint density at radius 1 is 1.31 bits per heavy atom. The Kier molecular flexibility index (Phi) is 2.14. The summed E-state index contributed by atoms with van der Waals surface area (Å²) in [5, 5.41) is 1.34. The van der Waals surface area contributed by atoms with Gasteiger partial charge in [0.15, 0.2) is 0 Å². The second-order valence-corrected chi connectivity index (χ2v) is 4.43. The molecule has 0 unspecified atom stereocenters. The number of nitrogens with two attached hydrogens (primary N) is 1. The van der Waals surface area contributed by atoms with Crippen LogP contribution in [0.2, 0.25) is 0 Å². The monoisotopic (exact) mass is 215 g/mol. The first-order chi connectivity index (χ1) is 7.81. The van der Waals surface area contributed by atoms with Gasteiger partial charge < -0.3 is 15.2 Å². The Balaban J connectivity index is 2.23. The molecule has 3 nitrogen and oxygen atoms in total. The minimum Gasteiger partial charge on any atom is -0.367 e. The molecule has 1 aromatic carbocycles. The van der Waals surface area contributed by atoms with Gasteiger partial charge in [-0.25, -0.2) is 0 Å². The molecular formula is C13H17N3. The number of hydrogen-bond donors (Lipinski definition) is 1. The minimum atomic E-state index is 0.718. The van der Waals surface area contributed by atoms with Crippen LogP contribution in [0.3, 0.4) is 0 Å². The number of para-hydroxylation sites is 1. The maximum atomic E-state index is 5.66. The lowest BCUT2D eigenvalue weighted by Gasteiger charge is -2.30. The van der Waals surface area contributed by atoms with E-state index >= 15 is 0 Å². The Hall–Kier alpha value is -1.48. The molecule has 1 aromatic heterocycles.